The Hall–Kier alpha value is -3.82. The second kappa shape index (κ2) is 7.70. The van der Waals surface area contributed by atoms with E-state index in [4.69, 9.17) is 16.0 Å². The third-order valence-electron chi connectivity index (χ3n) is 5.87. The van der Waals surface area contributed by atoms with Crippen molar-refractivity contribution in [1.29, 1.82) is 0 Å². The van der Waals surface area contributed by atoms with Crippen molar-refractivity contribution in [2.24, 2.45) is 4.99 Å². The van der Waals surface area contributed by atoms with Gasteiger partial charge in [-0.2, -0.15) is 0 Å². The van der Waals surface area contributed by atoms with Gasteiger partial charge >= 0.3 is 0 Å². The highest BCUT2D eigenvalue weighted by molar-refractivity contribution is 6.65. The smallest absolute Gasteiger partial charge is 0.197 e. The summed E-state index contributed by atoms with van der Waals surface area (Å²) in [6.45, 7) is 0. The van der Waals surface area contributed by atoms with Crippen LogP contribution in [0.5, 0.6) is 0 Å². The summed E-state index contributed by atoms with van der Waals surface area (Å²) in [6, 6.07) is 33.1. The fourth-order valence-electron chi connectivity index (χ4n) is 4.24. The highest BCUT2D eigenvalue weighted by atomic mass is 35.5. The molecule has 0 bridgehead atoms. The molecule has 1 aliphatic rings. The summed E-state index contributed by atoms with van der Waals surface area (Å²) >= 11 is 6.39. The SMILES string of the molecule is ClC1=NC(c2ccc3c(c2)oc2ccccc23)=CC(c2ccc(-c3ccccc3)cc2)N1. The van der Waals surface area contributed by atoms with Crippen LogP contribution in [0.15, 0.2) is 113 Å². The standard InChI is InChI=1S/C28H19ClN2O/c29-28-30-24(20-12-10-19(11-13-20)18-6-2-1-3-7-18)17-25(31-28)21-14-15-23-22-8-4-5-9-26(22)32-27(23)16-21/h1-17,24H,(H,30,31). The summed E-state index contributed by atoms with van der Waals surface area (Å²) in [4.78, 5) is 4.54. The Kier molecular flexibility index (Phi) is 4.55. The van der Waals surface area contributed by atoms with E-state index < -0.39 is 0 Å². The molecule has 4 aromatic carbocycles. The number of nitrogens with zero attached hydrogens (tertiary/aromatic N) is 1. The van der Waals surface area contributed by atoms with Crippen LogP contribution in [-0.4, -0.2) is 5.29 Å². The Bertz CT molecular complexity index is 1500. The number of hydrogen-bond acceptors (Lipinski definition) is 3. The quantitative estimate of drug-likeness (QED) is 0.298. The summed E-state index contributed by atoms with van der Waals surface area (Å²) in [6.07, 6.45) is 2.10. The van der Waals surface area contributed by atoms with Crippen LogP contribution in [0.2, 0.25) is 0 Å². The Balaban J connectivity index is 1.35. The minimum absolute atomic E-state index is 0.0637. The van der Waals surface area contributed by atoms with Crippen LogP contribution in [0.1, 0.15) is 17.2 Å². The molecule has 2 heterocycles. The van der Waals surface area contributed by atoms with Crippen molar-refractivity contribution in [2.45, 2.75) is 6.04 Å². The van der Waals surface area contributed by atoms with Crippen molar-refractivity contribution >= 4 is 44.5 Å². The van der Waals surface area contributed by atoms with Crippen molar-refractivity contribution in [2.75, 3.05) is 0 Å². The van der Waals surface area contributed by atoms with E-state index in [1.54, 1.807) is 0 Å². The molecule has 0 saturated heterocycles. The molecule has 4 heteroatoms. The van der Waals surface area contributed by atoms with Crippen LogP contribution in [-0.2, 0) is 0 Å². The highest BCUT2D eigenvalue weighted by Gasteiger charge is 2.18. The topological polar surface area (TPSA) is 37.5 Å². The van der Waals surface area contributed by atoms with Crippen LogP contribution in [0, 0.1) is 0 Å². The van der Waals surface area contributed by atoms with Crippen molar-refractivity contribution in [3.63, 3.8) is 0 Å². The molecule has 6 rings (SSSR count). The predicted molar refractivity (Wildman–Crippen MR) is 133 cm³/mol. The van der Waals surface area contributed by atoms with Crippen LogP contribution in [0.25, 0.3) is 38.8 Å². The first-order valence-electron chi connectivity index (χ1n) is 10.5. The molecule has 0 radical (unpaired) electrons. The first kappa shape index (κ1) is 18.9. The molecule has 1 aromatic heterocycles. The van der Waals surface area contributed by atoms with Crippen molar-refractivity contribution in [1.82, 2.24) is 5.32 Å². The van der Waals surface area contributed by atoms with E-state index in [1.165, 1.54) is 11.1 Å². The van der Waals surface area contributed by atoms with Gasteiger partial charge in [0.15, 0.2) is 5.29 Å². The summed E-state index contributed by atoms with van der Waals surface area (Å²) in [5, 5.41) is 5.86. The molecule has 0 spiro atoms. The average molecular weight is 435 g/mol. The fraction of sp³-hybridized carbons (Fsp3) is 0.0357. The fourth-order valence-corrected chi connectivity index (χ4v) is 4.45. The summed E-state index contributed by atoms with van der Waals surface area (Å²) in [5.74, 6) is 0. The van der Waals surface area contributed by atoms with Crippen molar-refractivity contribution < 1.29 is 4.42 Å². The summed E-state index contributed by atoms with van der Waals surface area (Å²) in [7, 11) is 0. The lowest BCUT2D eigenvalue weighted by Gasteiger charge is -2.21. The third-order valence-corrected chi connectivity index (χ3v) is 6.06. The number of amidine groups is 1. The molecule has 1 aliphatic heterocycles. The molecule has 3 nitrogen and oxygen atoms in total. The molecule has 1 N–H and O–H groups in total. The highest BCUT2D eigenvalue weighted by Crippen LogP contribution is 2.33. The van der Waals surface area contributed by atoms with Gasteiger partial charge in [0.2, 0.25) is 0 Å². The first-order chi connectivity index (χ1) is 15.7. The normalized spacial score (nSPS) is 16.0. The number of furan rings is 1. The molecule has 1 atom stereocenters. The zero-order valence-corrected chi connectivity index (χ0v) is 17.9. The van der Waals surface area contributed by atoms with Gasteiger partial charge in [0.1, 0.15) is 11.2 Å². The van der Waals surface area contributed by atoms with E-state index in [-0.39, 0.29) is 6.04 Å². The van der Waals surface area contributed by atoms with Crippen molar-refractivity contribution in [3.8, 4) is 11.1 Å². The summed E-state index contributed by atoms with van der Waals surface area (Å²) < 4.78 is 6.05. The van der Waals surface area contributed by atoms with Crippen LogP contribution < -0.4 is 5.32 Å². The molecule has 0 saturated carbocycles. The number of aliphatic imine (C=N–C) groups is 1. The number of rotatable bonds is 3. The molecule has 154 valence electrons. The maximum atomic E-state index is 6.39. The van der Waals surface area contributed by atoms with E-state index in [2.05, 4.69) is 83.1 Å². The van der Waals surface area contributed by atoms with Gasteiger partial charge in [0.25, 0.3) is 0 Å². The van der Waals surface area contributed by atoms with Crippen LogP contribution >= 0.6 is 11.6 Å². The van der Waals surface area contributed by atoms with Gasteiger partial charge in [-0.1, -0.05) is 78.9 Å². The van der Waals surface area contributed by atoms with Gasteiger partial charge in [0.05, 0.1) is 11.7 Å². The Morgan fingerprint density at radius 1 is 0.688 bits per heavy atom. The molecule has 0 aliphatic carbocycles. The number of para-hydroxylation sites is 1. The largest absolute Gasteiger partial charge is 0.456 e. The molecule has 0 amide bonds. The molecule has 1 unspecified atom stereocenters. The van der Waals surface area contributed by atoms with E-state index in [9.17, 15) is 0 Å². The number of fused-ring (bicyclic) bond motifs is 3. The Morgan fingerprint density at radius 3 is 2.22 bits per heavy atom. The number of benzene rings is 4. The predicted octanol–water partition coefficient (Wildman–Crippen LogP) is 7.53. The number of nitrogens with one attached hydrogen (secondary N) is 1. The molecular weight excluding hydrogens is 416 g/mol. The maximum Gasteiger partial charge on any atom is 0.197 e. The van der Waals surface area contributed by atoms with Crippen LogP contribution in [0.4, 0.5) is 0 Å². The van der Waals surface area contributed by atoms with Gasteiger partial charge in [0, 0.05) is 16.3 Å². The monoisotopic (exact) mass is 434 g/mol. The van der Waals surface area contributed by atoms with Gasteiger partial charge in [-0.3, -0.25) is 0 Å². The average Bonchev–Trinajstić information content (AvgIpc) is 3.22. The van der Waals surface area contributed by atoms with Gasteiger partial charge in [-0.05, 0) is 52.6 Å². The van der Waals surface area contributed by atoms with E-state index in [0.29, 0.717) is 5.29 Å². The summed E-state index contributed by atoms with van der Waals surface area (Å²) in [5.41, 5.74) is 7.04. The molecule has 5 aromatic rings. The van der Waals surface area contributed by atoms with Gasteiger partial charge in [-0.15, -0.1) is 0 Å². The minimum Gasteiger partial charge on any atom is -0.456 e. The van der Waals surface area contributed by atoms with Gasteiger partial charge < -0.3 is 9.73 Å². The van der Waals surface area contributed by atoms with E-state index in [0.717, 1.165) is 38.8 Å². The minimum atomic E-state index is -0.0637. The Labute approximate surface area is 190 Å². The lowest BCUT2D eigenvalue weighted by molar-refractivity contribution is 0.669. The molecule has 0 fully saturated rings. The lowest BCUT2D eigenvalue weighted by Crippen LogP contribution is -2.26. The zero-order chi connectivity index (χ0) is 21.5. The lowest BCUT2D eigenvalue weighted by atomic mass is 9.98. The van der Waals surface area contributed by atoms with Gasteiger partial charge in [-0.25, -0.2) is 4.99 Å². The number of halogens is 1. The second-order valence-electron chi connectivity index (χ2n) is 7.87. The van der Waals surface area contributed by atoms with Crippen molar-refractivity contribution in [3.05, 3.63) is 114 Å². The zero-order valence-electron chi connectivity index (χ0n) is 17.1. The second-order valence-corrected chi connectivity index (χ2v) is 8.23. The first-order valence-corrected chi connectivity index (χ1v) is 10.9. The third kappa shape index (κ3) is 3.37. The molecule has 32 heavy (non-hydrogen) atoms. The number of hydrogen-bond donors (Lipinski definition) is 1. The maximum absolute atomic E-state index is 6.39. The molecular formula is C28H19ClN2O. The Morgan fingerprint density at radius 2 is 1.38 bits per heavy atom. The van der Waals surface area contributed by atoms with E-state index in [1.807, 2.05) is 30.3 Å². The van der Waals surface area contributed by atoms with Crippen LogP contribution in [0.3, 0.4) is 0 Å². The van der Waals surface area contributed by atoms with E-state index >= 15 is 0 Å².